The molecule has 56 heavy (non-hydrogen) atoms. The standard InChI is InChI=1S/C54H40N2/c1-5-17-43(18-6-1)55(44-19-7-2-8-20-44)47-35-29-41(30-36-47)33-39-53-49-25-13-15-27-51(49)54(52-28-16-14-26-50(52)53)40-34-42-31-37-48(38-32-42)56(45-21-9-3-10-22-45)46-23-11-4-12-24-46/h1-40H/b39-33-,40-34-. The summed E-state index contributed by atoms with van der Waals surface area (Å²) in [6, 6.07) is 77.3. The highest BCUT2D eigenvalue weighted by Crippen LogP contribution is 2.38. The Bertz CT molecular complexity index is 2420. The summed E-state index contributed by atoms with van der Waals surface area (Å²) in [5.41, 5.74) is 11.5. The topological polar surface area (TPSA) is 6.48 Å². The lowest BCUT2D eigenvalue weighted by atomic mass is 9.91. The Kier molecular flexibility index (Phi) is 9.75. The summed E-state index contributed by atoms with van der Waals surface area (Å²) in [4.78, 5) is 4.58. The molecule has 9 aromatic carbocycles. The van der Waals surface area contributed by atoms with E-state index in [-0.39, 0.29) is 0 Å². The van der Waals surface area contributed by atoms with Gasteiger partial charge in [0, 0.05) is 34.1 Å². The predicted octanol–water partition coefficient (Wildman–Crippen LogP) is 15.3. The average molecular weight is 717 g/mol. The lowest BCUT2D eigenvalue weighted by Gasteiger charge is -2.25. The van der Waals surface area contributed by atoms with E-state index in [1.807, 2.05) is 0 Å². The van der Waals surface area contributed by atoms with Crippen molar-refractivity contribution in [2.75, 3.05) is 9.80 Å². The lowest BCUT2D eigenvalue weighted by molar-refractivity contribution is 1.28. The number of anilines is 6. The summed E-state index contributed by atoms with van der Waals surface area (Å²) in [6.07, 6.45) is 9.03. The maximum Gasteiger partial charge on any atom is 0.0462 e. The molecule has 0 N–H and O–H groups in total. The minimum atomic E-state index is 1.12. The third-order valence-electron chi connectivity index (χ3n) is 10.3. The average Bonchev–Trinajstić information content (AvgIpc) is 3.27. The van der Waals surface area contributed by atoms with Gasteiger partial charge < -0.3 is 9.80 Å². The number of para-hydroxylation sites is 4. The maximum atomic E-state index is 2.29. The molecule has 0 radical (unpaired) electrons. The Labute approximate surface area is 329 Å². The second-order valence-corrected chi connectivity index (χ2v) is 13.8. The summed E-state index contributed by atoms with van der Waals surface area (Å²) < 4.78 is 0. The first-order valence-corrected chi connectivity index (χ1v) is 19.1. The second kappa shape index (κ2) is 15.9. The van der Waals surface area contributed by atoms with Crippen LogP contribution >= 0.6 is 0 Å². The first-order valence-electron chi connectivity index (χ1n) is 19.1. The summed E-state index contributed by atoms with van der Waals surface area (Å²) in [5.74, 6) is 0. The van der Waals surface area contributed by atoms with Crippen LogP contribution in [0.5, 0.6) is 0 Å². The molecule has 9 rings (SSSR count). The van der Waals surface area contributed by atoms with Gasteiger partial charge in [0.15, 0.2) is 0 Å². The van der Waals surface area contributed by atoms with Crippen molar-refractivity contribution in [3.05, 3.63) is 241 Å². The van der Waals surface area contributed by atoms with Crippen molar-refractivity contribution < 1.29 is 0 Å². The molecule has 0 saturated heterocycles. The van der Waals surface area contributed by atoms with Gasteiger partial charge in [-0.15, -0.1) is 0 Å². The third kappa shape index (κ3) is 7.12. The summed E-state index contributed by atoms with van der Waals surface area (Å²) >= 11 is 0. The molecule has 2 heteroatoms. The molecule has 266 valence electrons. The van der Waals surface area contributed by atoms with Crippen LogP contribution < -0.4 is 9.80 Å². The van der Waals surface area contributed by atoms with Gasteiger partial charge in [0.2, 0.25) is 0 Å². The zero-order chi connectivity index (χ0) is 37.5. The quantitative estimate of drug-likeness (QED) is 0.103. The highest BCUT2D eigenvalue weighted by molar-refractivity contribution is 6.14. The van der Waals surface area contributed by atoms with Gasteiger partial charge in [0.05, 0.1) is 0 Å². The Hall–Kier alpha value is -7.42. The molecule has 0 aromatic heterocycles. The molecule has 0 fully saturated rings. The predicted molar refractivity (Wildman–Crippen MR) is 242 cm³/mol. The Morgan fingerprint density at radius 3 is 0.714 bits per heavy atom. The van der Waals surface area contributed by atoms with Crippen molar-refractivity contribution in [2.45, 2.75) is 0 Å². The second-order valence-electron chi connectivity index (χ2n) is 13.8. The molecule has 0 aliphatic rings. The van der Waals surface area contributed by atoms with Crippen LogP contribution in [0.2, 0.25) is 0 Å². The Morgan fingerprint density at radius 1 is 0.214 bits per heavy atom. The van der Waals surface area contributed by atoms with E-state index in [4.69, 9.17) is 0 Å². The smallest absolute Gasteiger partial charge is 0.0462 e. The molecule has 0 atom stereocenters. The molecule has 0 heterocycles. The van der Waals surface area contributed by atoms with Gasteiger partial charge >= 0.3 is 0 Å². The largest absolute Gasteiger partial charge is 0.311 e. The molecule has 2 nitrogen and oxygen atoms in total. The van der Waals surface area contributed by atoms with Crippen LogP contribution in [0.3, 0.4) is 0 Å². The number of hydrogen-bond acceptors (Lipinski definition) is 2. The minimum Gasteiger partial charge on any atom is -0.311 e. The van der Waals surface area contributed by atoms with Gasteiger partial charge in [-0.3, -0.25) is 0 Å². The number of benzene rings is 9. The molecule has 9 aromatic rings. The van der Waals surface area contributed by atoms with Crippen molar-refractivity contribution in [3.63, 3.8) is 0 Å². The van der Waals surface area contributed by atoms with E-state index in [1.54, 1.807) is 0 Å². The summed E-state index contributed by atoms with van der Waals surface area (Å²) in [7, 11) is 0. The number of fused-ring (bicyclic) bond motifs is 2. The third-order valence-corrected chi connectivity index (χ3v) is 10.3. The van der Waals surface area contributed by atoms with E-state index in [0.717, 1.165) is 45.3 Å². The van der Waals surface area contributed by atoms with Crippen LogP contribution in [0, 0.1) is 0 Å². The molecule has 0 unspecified atom stereocenters. The van der Waals surface area contributed by atoms with Crippen molar-refractivity contribution in [1.29, 1.82) is 0 Å². The van der Waals surface area contributed by atoms with Crippen molar-refractivity contribution in [1.82, 2.24) is 0 Å². The van der Waals surface area contributed by atoms with Crippen LogP contribution in [-0.2, 0) is 0 Å². The van der Waals surface area contributed by atoms with Gasteiger partial charge in [0.25, 0.3) is 0 Å². The fraction of sp³-hybridized carbons (Fsp3) is 0. The zero-order valence-corrected chi connectivity index (χ0v) is 31.0. The summed E-state index contributed by atoms with van der Waals surface area (Å²) in [6.45, 7) is 0. The number of hydrogen-bond donors (Lipinski definition) is 0. The van der Waals surface area contributed by atoms with Gasteiger partial charge in [-0.05, 0) is 117 Å². The van der Waals surface area contributed by atoms with E-state index in [9.17, 15) is 0 Å². The highest BCUT2D eigenvalue weighted by atomic mass is 15.1. The molecule has 0 spiro atoms. The van der Waals surface area contributed by atoms with E-state index in [2.05, 4.69) is 252 Å². The SMILES string of the molecule is C(=C/c1c2ccccc2c(/C=C\c2ccc(N(c3ccccc3)c3ccccc3)cc2)c2ccccc12)/c1ccc(N(c2ccccc2)c2ccccc2)cc1. The number of nitrogens with zero attached hydrogens (tertiary/aromatic N) is 2. The van der Waals surface area contributed by atoms with Crippen LogP contribution in [0.15, 0.2) is 218 Å². The maximum absolute atomic E-state index is 2.29. The monoisotopic (exact) mass is 716 g/mol. The van der Waals surface area contributed by atoms with E-state index >= 15 is 0 Å². The van der Waals surface area contributed by atoms with E-state index in [1.165, 1.54) is 32.7 Å². The Morgan fingerprint density at radius 2 is 0.446 bits per heavy atom. The van der Waals surface area contributed by atoms with E-state index in [0.29, 0.717) is 0 Å². The molecular formula is C54H40N2. The van der Waals surface area contributed by atoms with E-state index < -0.39 is 0 Å². The summed E-state index contributed by atoms with van der Waals surface area (Å²) in [5, 5.41) is 4.93. The van der Waals surface area contributed by atoms with Crippen LogP contribution in [0.1, 0.15) is 22.3 Å². The van der Waals surface area contributed by atoms with Crippen LogP contribution in [0.4, 0.5) is 34.1 Å². The normalized spacial score (nSPS) is 11.4. The van der Waals surface area contributed by atoms with Crippen LogP contribution in [-0.4, -0.2) is 0 Å². The fourth-order valence-electron chi connectivity index (χ4n) is 7.59. The van der Waals surface area contributed by atoms with Gasteiger partial charge in [-0.25, -0.2) is 0 Å². The highest BCUT2D eigenvalue weighted by Gasteiger charge is 2.14. The molecule has 0 saturated carbocycles. The molecular weight excluding hydrogens is 677 g/mol. The van der Waals surface area contributed by atoms with Gasteiger partial charge in [0.1, 0.15) is 0 Å². The van der Waals surface area contributed by atoms with Crippen molar-refractivity contribution in [3.8, 4) is 0 Å². The molecule has 0 aliphatic carbocycles. The molecule has 0 bridgehead atoms. The minimum absolute atomic E-state index is 1.12. The van der Waals surface area contributed by atoms with Gasteiger partial charge in [-0.1, -0.05) is 170 Å². The first kappa shape index (κ1) is 34.4. The lowest BCUT2D eigenvalue weighted by Crippen LogP contribution is -2.09. The Balaban J connectivity index is 1.03. The van der Waals surface area contributed by atoms with Gasteiger partial charge in [-0.2, -0.15) is 0 Å². The van der Waals surface area contributed by atoms with Crippen LogP contribution in [0.25, 0.3) is 45.8 Å². The fourth-order valence-corrected chi connectivity index (χ4v) is 7.59. The number of rotatable bonds is 10. The first-order chi connectivity index (χ1) is 27.8. The van der Waals surface area contributed by atoms with Crippen molar-refractivity contribution in [2.24, 2.45) is 0 Å². The zero-order valence-electron chi connectivity index (χ0n) is 31.0. The molecule has 0 aliphatic heterocycles. The molecule has 0 amide bonds. The van der Waals surface area contributed by atoms with Crippen molar-refractivity contribution >= 4 is 80.0 Å².